The third-order valence-electron chi connectivity index (χ3n) is 5.23. The van der Waals surface area contributed by atoms with Gasteiger partial charge in [-0.1, -0.05) is 23.5 Å². The summed E-state index contributed by atoms with van der Waals surface area (Å²) >= 11 is 1.36. The van der Waals surface area contributed by atoms with Gasteiger partial charge in [0.15, 0.2) is 5.13 Å². The lowest BCUT2D eigenvalue weighted by Crippen LogP contribution is -2.52. The first-order valence-electron chi connectivity index (χ1n) is 10.2. The molecule has 1 aliphatic heterocycles. The van der Waals surface area contributed by atoms with Crippen LogP contribution in [0.3, 0.4) is 0 Å². The topological polar surface area (TPSA) is 96.0 Å². The highest BCUT2D eigenvalue weighted by atomic mass is 32.1. The first-order chi connectivity index (χ1) is 15.6. The van der Waals surface area contributed by atoms with Crippen LogP contribution in [-0.4, -0.2) is 68.8 Å². The number of nitrogens with zero attached hydrogens (tertiary/aromatic N) is 3. The first kappa shape index (κ1) is 21.7. The van der Waals surface area contributed by atoms with Crippen LogP contribution in [-0.2, 0) is 4.79 Å². The summed E-state index contributed by atoms with van der Waals surface area (Å²) in [5.41, 5.74) is 1.80. The van der Waals surface area contributed by atoms with Gasteiger partial charge in [-0.05, 0) is 30.3 Å². The molecule has 0 spiro atoms. The van der Waals surface area contributed by atoms with E-state index in [1.165, 1.54) is 11.3 Å². The molecule has 2 N–H and O–H groups in total. The minimum absolute atomic E-state index is 0.120. The molecular formula is C22H25N5O4S. The fraction of sp³-hybridized carbons (Fsp3) is 0.318. The predicted molar refractivity (Wildman–Crippen MR) is 125 cm³/mol. The van der Waals surface area contributed by atoms with Crippen LogP contribution in [0.5, 0.6) is 11.5 Å². The van der Waals surface area contributed by atoms with E-state index < -0.39 is 0 Å². The van der Waals surface area contributed by atoms with Gasteiger partial charge in [-0.25, -0.2) is 9.78 Å². The van der Waals surface area contributed by atoms with Gasteiger partial charge in [0.25, 0.3) is 0 Å². The Morgan fingerprint density at radius 3 is 2.59 bits per heavy atom. The van der Waals surface area contributed by atoms with Crippen LogP contribution < -0.4 is 25.0 Å². The molecule has 10 heteroatoms. The number of rotatable bonds is 6. The van der Waals surface area contributed by atoms with Crippen LogP contribution >= 0.6 is 11.3 Å². The summed E-state index contributed by atoms with van der Waals surface area (Å²) in [4.78, 5) is 33.1. The van der Waals surface area contributed by atoms with Crippen molar-refractivity contribution in [3.8, 4) is 11.5 Å². The molecule has 4 rings (SSSR count). The fourth-order valence-electron chi connectivity index (χ4n) is 3.56. The van der Waals surface area contributed by atoms with Gasteiger partial charge < -0.3 is 29.9 Å². The normalized spacial score (nSPS) is 13.7. The molecule has 0 atom stereocenters. The van der Waals surface area contributed by atoms with Crippen molar-refractivity contribution in [2.75, 3.05) is 57.2 Å². The molecule has 0 aliphatic carbocycles. The summed E-state index contributed by atoms with van der Waals surface area (Å²) in [6.07, 6.45) is 0. The van der Waals surface area contributed by atoms with Crippen LogP contribution in [0.2, 0.25) is 0 Å². The van der Waals surface area contributed by atoms with Gasteiger partial charge in [0.05, 0.1) is 36.7 Å². The SMILES string of the molecule is COc1ccc2nc(NC(=O)CNC(=O)N3CCN(c4ccccc4OC)CC3)sc2c1. The number of ether oxygens (including phenoxy) is 2. The van der Waals surface area contributed by atoms with Gasteiger partial charge in [0, 0.05) is 26.2 Å². The molecule has 3 aromatic rings. The van der Waals surface area contributed by atoms with Crippen molar-refractivity contribution in [1.29, 1.82) is 0 Å². The van der Waals surface area contributed by atoms with Gasteiger partial charge in [-0.15, -0.1) is 0 Å². The number of fused-ring (bicyclic) bond motifs is 1. The van der Waals surface area contributed by atoms with Crippen molar-refractivity contribution in [2.24, 2.45) is 0 Å². The van der Waals surface area contributed by atoms with E-state index in [4.69, 9.17) is 9.47 Å². The van der Waals surface area contributed by atoms with E-state index in [0.29, 0.717) is 31.3 Å². The zero-order chi connectivity index (χ0) is 22.5. The van der Waals surface area contributed by atoms with Crippen LogP contribution in [0.15, 0.2) is 42.5 Å². The number of nitrogens with one attached hydrogen (secondary N) is 2. The van der Waals surface area contributed by atoms with Gasteiger partial charge in [0.1, 0.15) is 11.5 Å². The molecule has 0 unspecified atom stereocenters. The summed E-state index contributed by atoms with van der Waals surface area (Å²) in [5.74, 6) is 1.23. The number of amides is 3. The Labute approximate surface area is 189 Å². The summed E-state index contributed by atoms with van der Waals surface area (Å²) in [6.45, 7) is 2.38. The molecule has 3 amide bonds. The molecule has 1 saturated heterocycles. The Bertz CT molecular complexity index is 1110. The van der Waals surface area contributed by atoms with E-state index in [2.05, 4.69) is 20.5 Å². The largest absolute Gasteiger partial charge is 0.497 e. The van der Waals surface area contributed by atoms with Gasteiger partial charge in [-0.3, -0.25) is 4.79 Å². The molecular weight excluding hydrogens is 430 g/mol. The first-order valence-corrected chi connectivity index (χ1v) is 11.0. The minimum Gasteiger partial charge on any atom is -0.497 e. The van der Waals surface area contributed by atoms with E-state index in [9.17, 15) is 9.59 Å². The van der Waals surface area contributed by atoms with Crippen molar-refractivity contribution in [3.05, 3.63) is 42.5 Å². The van der Waals surface area contributed by atoms with Crippen molar-refractivity contribution < 1.29 is 19.1 Å². The average molecular weight is 456 g/mol. The lowest BCUT2D eigenvalue weighted by Gasteiger charge is -2.36. The Balaban J connectivity index is 1.25. The molecule has 1 fully saturated rings. The maximum Gasteiger partial charge on any atom is 0.317 e. The molecule has 2 aromatic carbocycles. The second kappa shape index (κ2) is 9.73. The van der Waals surface area contributed by atoms with Crippen LogP contribution in [0.1, 0.15) is 0 Å². The number of anilines is 2. The van der Waals surface area contributed by atoms with Crippen LogP contribution in [0, 0.1) is 0 Å². The molecule has 1 aliphatic rings. The van der Waals surface area contributed by atoms with Crippen molar-refractivity contribution in [2.45, 2.75) is 0 Å². The number of para-hydroxylation sites is 2. The molecule has 0 radical (unpaired) electrons. The van der Waals surface area contributed by atoms with Crippen LogP contribution in [0.25, 0.3) is 10.2 Å². The quantitative estimate of drug-likeness (QED) is 0.594. The van der Waals surface area contributed by atoms with E-state index in [-0.39, 0.29) is 18.5 Å². The molecule has 32 heavy (non-hydrogen) atoms. The number of hydrogen-bond acceptors (Lipinski definition) is 7. The minimum atomic E-state index is -0.322. The number of methoxy groups -OCH3 is 2. The van der Waals surface area contributed by atoms with Crippen LogP contribution in [0.4, 0.5) is 15.6 Å². The summed E-state index contributed by atoms with van der Waals surface area (Å²) < 4.78 is 11.5. The predicted octanol–water partition coefficient (Wildman–Crippen LogP) is 2.78. The lowest BCUT2D eigenvalue weighted by molar-refractivity contribution is -0.115. The third-order valence-corrected chi connectivity index (χ3v) is 6.17. The number of benzene rings is 2. The molecule has 0 saturated carbocycles. The maximum atomic E-state index is 12.5. The third kappa shape index (κ3) is 4.86. The maximum absolute atomic E-state index is 12.5. The monoisotopic (exact) mass is 455 g/mol. The number of aromatic nitrogens is 1. The van der Waals surface area contributed by atoms with E-state index in [0.717, 1.165) is 27.4 Å². The van der Waals surface area contributed by atoms with E-state index in [1.807, 2.05) is 42.5 Å². The Morgan fingerprint density at radius 1 is 1.06 bits per heavy atom. The molecule has 0 bridgehead atoms. The zero-order valence-corrected chi connectivity index (χ0v) is 18.8. The fourth-order valence-corrected chi connectivity index (χ4v) is 4.47. The number of hydrogen-bond donors (Lipinski definition) is 2. The Hall–Kier alpha value is -3.53. The van der Waals surface area contributed by atoms with Gasteiger partial charge >= 0.3 is 6.03 Å². The number of carbonyl (C=O) groups is 2. The van der Waals surface area contributed by atoms with Crippen molar-refractivity contribution >= 4 is 44.3 Å². The highest BCUT2D eigenvalue weighted by molar-refractivity contribution is 7.22. The lowest BCUT2D eigenvalue weighted by atomic mass is 10.2. The van der Waals surface area contributed by atoms with E-state index in [1.54, 1.807) is 19.1 Å². The Morgan fingerprint density at radius 2 is 1.84 bits per heavy atom. The van der Waals surface area contributed by atoms with Gasteiger partial charge in [-0.2, -0.15) is 0 Å². The smallest absolute Gasteiger partial charge is 0.317 e. The zero-order valence-electron chi connectivity index (χ0n) is 18.0. The molecule has 9 nitrogen and oxygen atoms in total. The highest BCUT2D eigenvalue weighted by Crippen LogP contribution is 2.29. The molecule has 2 heterocycles. The Kier molecular flexibility index (Phi) is 6.60. The van der Waals surface area contributed by atoms with E-state index >= 15 is 0 Å². The number of piperazine rings is 1. The second-order valence-corrected chi connectivity index (χ2v) is 8.24. The van der Waals surface area contributed by atoms with Crippen molar-refractivity contribution in [3.63, 3.8) is 0 Å². The van der Waals surface area contributed by atoms with Crippen molar-refractivity contribution in [1.82, 2.24) is 15.2 Å². The summed E-state index contributed by atoms with van der Waals surface area (Å²) in [5, 5.41) is 5.91. The number of carbonyl (C=O) groups excluding carboxylic acids is 2. The number of thiazole rings is 1. The summed E-state index contributed by atoms with van der Waals surface area (Å²) in [7, 11) is 3.25. The van der Waals surface area contributed by atoms with Gasteiger partial charge in [0.2, 0.25) is 5.91 Å². The molecule has 1 aromatic heterocycles. The summed E-state index contributed by atoms with van der Waals surface area (Å²) in [6, 6.07) is 13.1. The number of urea groups is 1. The highest BCUT2D eigenvalue weighted by Gasteiger charge is 2.23. The second-order valence-electron chi connectivity index (χ2n) is 7.21. The average Bonchev–Trinajstić information content (AvgIpc) is 3.23. The standard InChI is InChI=1S/C22H25N5O4S/c1-30-15-7-8-16-19(13-15)32-21(24-16)25-20(28)14-23-22(29)27-11-9-26(10-12-27)17-5-3-4-6-18(17)31-2/h3-8,13H,9-12,14H2,1-2H3,(H,23,29)(H,24,25,28). The molecule has 168 valence electrons.